The summed E-state index contributed by atoms with van der Waals surface area (Å²) in [6.45, 7) is 1.37. The second-order valence-corrected chi connectivity index (χ2v) is 7.20. The van der Waals surface area contributed by atoms with Crippen molar-refractivity contribution in [2.75, 3.05) is 20.1 Å². The van der Waals surface area contributed by atoms with Gasteiger partial charge in [0.1, 0.15) is 5.54 Å². The van der Waals surface area contributed by atoms with Crippen molar-refractivity contribution >= 4 is 5.91 Å². The molecule has 3 rings (SSSR count). The van der Waals surface area contributed by atoms with Crippen molar-refractivity contribution in [3.05, 3.63) is 35.9 Å². The Morgan fingerprint density at radius 1 is 1.25 bits per heavy atom. The van der Waals surface area contributed by atoms with Gasteiger partial charge in [-0.3, -0.25) is 9.69 Å². The van der Waals surface area contributed by atoms with Crippen molar-refractivity contribution in [2.24, 2.45) is 0 Å². The molecule has 0 bridgehead atoms. The van der Waals surface area contributed by atoms with Crippen LogP contribution in [0.1, 0.15) is 56.6 Å². The molecule has 1 heterocycles. The Hall–Kier alpha value is -1.86. The summed E-state index contributed by atoms with van der Waals surface area (Å²) in [7, 11) is 1.82. The number of amides is 1. The minimum absolute atomic E-state index is 0.0845. The normalized spacial score (nSPS) is 23.6. The van der Waals surface area contributed by atoms with Crippen LogP contribution < -0.4 is 0 Å². The van der Waals surface area contributed by atoms with Gasteiger partial charge in [-0.15, -0.1) is 0 Å². The Kier molecular flexibility index (Phi) is 5.20. The first-order valence-corrected chi connectivity index (χ1v) is 9.13. The summed E-state index contributed by atoms with van der Waals surface area (Å²) in [6, 6.07) is 13.2. The maximum atomic E-state index is 12.9. The monoisotopic (exact) mass is 325 g/mol. The number of likely N-dealkylation sites (N-methyl/N-ethyl adjacent to an activating group) is 1. The Morgan fingerprint density at radius 2 is 1.96 bits per heavy atom. The fourth-order valence-corrected chi connectivity index (χ4v) is 4.25. The van der Waals surface area contributed by atoms with Crippen LogP contribution in [-0.2, 0) is 4.79 Å². The molecule has 2 fully saturated rings. The number of hydrogen-bond acceptors (Lipinski definition) is 3. The van der Waals surface area contributed by atoms with Crippen LogP contribution in [0.2, 0.25) is 0 Å². The molecule has 1 aliphatic carbocycles. The van der Waals surface area contributed by atoms with Crippen molar-refractivity contribution in [2.45, 2.75) is 56.5 Å². The van der Waals surface area contributed by atoms with E-state index in [2.05, 4.69) is 35.2 Å². The molecule has 1 aromatic carbocycles. The molecule has 1 aliphatic heterocycles. The Labute approximate surface area is 145 Å². The molecule has 1 saturated heterocycles. The van der Waals surface area contributed by atoms with E-state index in [9.17, 15) is 10.1 Å². The zero-order valence-electron chi connectivity index (χ0n) is 14.6. The van der Waals surface area contributed by atoms with E-state index in [-0.39, 0.29) is 5.91 Å². The molecular weight excluding hydrogens is 298 g/mol. The van der Waals surface area contributed by atoms with Gasteiger partial charge in [0.25, 0.3) is 0 Å². The van der Waals surface area contributed by atoms with E-state index in [4.69, 9.17) is 0 Å². The number of nitrogens with zero attached hydrogens (tertiary/aromatic N) is 3. The number of hydrogen-bond donors (Lipinski definition) is 0. The number of nitriles is 1. The van der Waals surface area contributed by atoms with Gasteiger partial charge >= 0.3 is 0 Å². The van der Waals surface area contributed by atoms with E-state index in [0.717, 1.165) is 45.1 Å². The number of carbonyl (C=O) groups is 1. The number of likely N-dealkylation sites (tertiary alicyclic amines) is 1. The highest BCUT2D eigenvalue weighted by molar-refractivity contribution is 5.79. The van der Waals surface area contributed by atoms with Gasteiger partial charge in [-0.25, -0.2) is 0 Å². The molecule has 4 heteroatoms. The smallest absolute Gasteiger partial charge is 0.237 e. The molecule has 1 aromatic rings. The summed E-state index contributed by atoms with van der Waals surface area (Å²) in [5.41, 5.74) is 0.704. The van der Waals surface area contributed by atoms with Crippen LogP contribution in [0.5, 0.6) is 0 Å². The summed E-state index contributed by atoms with van der Waals surface area (Å²) in [6.07, 6.45) is 7.11. The van der Waals surface area contributed by atoms with Crippen molar-refractivity contribution in [3.63, 3.8) is 0 Å². The third-order valence-electron chi connectivity index (χ3n) is 5.79. The Morgan fingerprint density at radius 3 is 2.62 bits per heavy atom. The fourth-order valence-electron chi connectivity index (χ4n) is 4.25. The molecule has 1 unspecified atom stereocenters. The maximum Gasteiger partial charge on any atom is 0.237 e. The lowest BCUT2D eigenvalue weighted by atomic mass is 9.81. The Balaban J connectivity index is 1.68. The van der Waals surface area contributed by atoms with Crippen LogP contribution in [0, 0.1) is 11.3 Å². The molecular formula is C20H27N3O. The van der Waals surface area contributed by atoms with Crippen molar-refractivity contribution in [1.82, 2.24) is 9.80 Å². The van der Waals surface area contributed by atoms with E-state index >= 15 is 0 Å². The van der Waals surface area contributed by atoms with Gasteiger partial charge in [0.05, 0.1) is 12.6 Å². The molecule has 1 amide bonds. The van der Waals surface area contributed by atoms with Gasteiger partial charge in [-0.2, -0.15) is 5.26 Å². The molecule has 4 nitrogen and oxygen atoms in total. The highest BCUT2D eigenvalue weighted by Crippen LogP contribution is 2.34. The van der Waals surface area contributed by atoms with Crippen LogP contribution in [0.25, 0.3) is 0 Å². The third-order valence-corrected chi connectivity index (χ3v) is 5.79. The molecule has 1 atom stereocenters. The minimum Gasteiger partial charge on any atom is -0.326 e. The Bertz CT molecular complexity index is 601. The first-order chi connectivity index (χ1) is 11.7. The van der Waals surface area contributed by atoms with Crippen LogP contribution in [0.4, 0.5) is 0 Å². The predicted molar refractivity (Wildman–Crippen MR) is 94.2 cm³/mol. The zero-order valence-corrected chi connectivity index (χ0v) is 14.6. The minimum atomic E-state index is -0.586. The maximum absolute atomic E-state index is 12.9. The SMILES string of the molecule is CN(C(=O)CN1CCCC1c1ccccc1)C1(C#N)CCCCC1. The average molecular weight is 325 g/mol. The van der Waals surface area contributed by atoms with E-state index in [0.29, 0.717) is 12.6 Å². The fraction of sp³-hybridized carbons (Fsp3) is 0.600. The third kappa shape index (κ3) is 3.32. The molecule has 0 aromatic heterocycles. The first-order valence-electron chi connectivity index (χ1n) is 9.13. The van der Waals surface area contributed by atoms with Crippen LogP contribution in [0.15, 0.2) is 30.3 Å². The summed E-state index contributed by atoms with van der Waals surface area (Å²) in [5, 5.41) is 9.69. The quantitative estimate of drug-likeness (QED) is 0.851. The van der Waals surface area contributed by atoms with Crippen molar-refractivity contribution < 1.29 is 4.79 Å². The van der Waals surface area contributed by atoms with Crippen LogP contribution >= 0.6 is 0 Å². The first kappa shape index (κ1) is 17.0. The number of benzene rings is 1. The molecule has 128 valence electrons. The second kappa shape index (κ2) is 7.36. The van der Waals surface area contributed by atoms with Gasteiger partial charge < -0.3 is 4.90 Å². The summed E-state index contributed by atoms with van der Waals surface area (Å²) in [5.74, 6) is 0.0845. The topological polar surface area (TPSA) is 47.3 Å². The van der Waals surface area contributed by atoms with Crippen LogP contribution in [0.3, 0.4) is 0 Å². The van der Waals surface area contributed by atoms with E-state index < -0.39 is 5.54 Å². The largest absolute Gasteiger partial charge is 0.326 e. The molecule has 0 spiro atoms. The van der Waals surface area contributed by atoms with E-state index in [1.807, 2.05) is 13.1 Å². The van der Waals surface area contributed by atoms with Crippen LogP contribution in [-0.4, -0.2) is 41.4 Å². The van der Waals surface area contributed by atoms with Gasteiger partial charge in [-0.1, -0.05) is 49.6 Å². The molecule has 1 saturated carbocycles. The second-order valence-electron chi connectivity index (χ2n) is 7.20. The van der Waals surface area contributed by atoms with Gasteiger partial charge in [0, 0.05) is 13.1 Å². The summed E-state index contributed by atoms with van der Waals surface area (Å²) >= 11 is 0. The van der Waals surface area contributed by atoms with E-state index in [1.54, 1.807) is 4.90 Å². The highest BCUT2D eigenvalue weighted by atomic mass is 16.2. The summed E-state index contributed by atoms with van der Waals surface area (Å²) in [4.78, 5) is 16.9. The standard InChI is InChI=1S/C20H27N3O/c1-22(20(16-21)12-6-3-7-13-20)19(24)15-23-14-8-11-18(23)17-9-4-2-5-10-17/h2,4-5,9-10,18H,3,6-8,11-15H2,1H3. The number of carbonyl (C=O) groups excluding carboxylic acids is 1. The van der Waals surface area contributed by atoms with Gasteiger partial charge in [0.15, 0.2) is 0 Å². The molecule has 2 aliphatic rings. The van der Waals surface area contributed by atoms with Gasteiger partial charge in [0.2, 0.25) is 5.91 Å². The molecule has 24 heavy (non-hydrogen) atoms. The lowest BCUT2D eigenvalue weighted by Crippen LogP contribution is -2.52. The molecule has 0 N–H and O–H groups in total. The lowest BCUT2D eigenvalue weighted by Gasteiger charge is -2.40. The van der Waals surface area contributed by atoms with Gasteiger partial charge in [-0.05, 0) is 37.8 Å². The average Bonchev–Trinajstić information content (AvgIpc) is 3.10. The molecule has 0 radical (unpaired) electrons. The lowest BCUT2D eigenvalue weighted by molar-refractivity contribution is -0.136. The predicted octanol–water partition coefficient (Wildman–Crippen LogP) is 3.51. The zero-order chi connectivity index (χ0) is 17.0. The number of rotatable bonds is 4. The van der Waals surface area contributed by atoms with Crippen molar-refractivity contribution in [3.8, 4) is 6.07 Å². The highest BCUT2D eigenvalue weighted by Gasteiger charge is 2.39. The van der Waals surface area contributed by atoms with Crippen molar-refractivity contribution in [1.29, 1.82) is 5.26 Å². The summed E-state index contributed by atoms with van der Waals surface area (Å²) < 4.78 is 0. The van der Waals surface area contributed by atoms with E-state index in [1.165, 1.54) is 12.0 Å².